The number of amides is 2. The van der Waals surface area contributed by atoms with Gasteiger partial charge in [0.2, 0.25) is 11.8 Å². The van der Waals surface area contributed by atoms with Crippen molar-refractivity contribution >= 4 is 11.8 Å². The molecule has 2 fully saturated rings. The van der Waals surface area contributed by atoms with Crippen molar-refractivity contribution in [2.45, 2.75) is 57.2 Å². The van der Waals surface area contributed by atoms with Crippen molar-refractivity contribution in [1.82, 2.24) is 10.2 Å². The quantitative estimate of drug-likeness (QED) is 0.665. The zero-order valence-electron chi connectivity index (χ0n) is 10.3. The molecule has 2 rings (SSSR count). The zero-order valence-corrected chi connectivity index (χ0v) is 10.3. The van der Waals surface area contributed by atoms with Crippen LogP contribution in [0.25, 0.3) is 0 Å². The summed E-state index contributed by atoms with van der Waals surface area (Å²) in [6.45, 7) is 2.34. The van der Waals surface area contributed by atoms with E-state index < -0.39 is 0 Å². The molecule has 0 aromatic heterocycles. The van der Waals surface area contributed by atoms with Gasteiger partial charge < -0.3 is 5.73 Å². The first-order chi connectivity index (χ1) is 8.11. The molecule has 1 heterocycles. The predicted octanol–water partition coefficient (Wildman–Crippen LogP) is -0.00670. The van der Waals surface area contributed by atoms with E-state index in [1.807, 2.05) is 6.92 Å². The number of nitrogens with two attached hydrogens (primary N) is 1. The van der Waals surface area contributed by atoms with E-state index in [-0.39, 0.29) is 17.9 Å². The van der Waals surface area contributed by atoms with Crippen molar-refractivity contribution in [3.05, 3.63) is 0 Å². The van der Waals surface area contributed by atoms with Crippen LogP contribution in [0.1, 0.15) is 39.0 Å². The summed E-state index contributed by atoms with van der Waals surface area (Å²) in [5.74, 6) is -0.312. The first-order valence-corrected chi connectivity index (χ1v) is 6.46. The number of hydrogen-bond acceptors (Lipinski definition) is 4. The highest BCUT2D eigenvalue weighted by Gasteiger charge is 2.37. The molecule has 1 atom stereocenters. The van der Waals surface area contributed by atoms with Gasteiger partial charge in [-0.05, 0) is 32.1 Å². The van der Waals surface area contributed by atoms with E-state index in [2.05, 4.69) is 10.2 Å². The fourth-order valence-electron chi connectivity index (χ4n) is 2.92. The number of carbonyl (C=O) groups excluding carboxylic acids is 2. The molecular weight excluding hydrogens is 218 g/mol. The maximum absolute atomic E-state index is 11.8. The van der Waals surface area contributed by atoms with Crippen LogP contribution in [-0.4, -0.2) is 41.4 Å². The second-order valence-corrected chi connectivity index (χ2v) is 5.08. The highest BCUT2D eigenvalue weighted by molar-refractivity contribution is 6.01. The van der Waals surface area contributed by atoms with Crippen molar-refractivity contribution in [1.29, 1.82) is 0 Å². The summed E-state index contributed by atoms with van der Waals surface area (Å²) in [5, 5.41) is 2.41. The smallest absolute Gasteiger partial charge is 0.243 e. The van der Waals surface area contributed by atoms with E-state index in [0.717, 1.165) is 32.1 Å². The minimum atomic E-state index is -0.172. The molecule has 5 nitrogen and oxygen atoms in total. The summed E-state index contributed by atoms with van der Waals surface area (Å²) < 4.78 is 0. The summed E-state index contributed by atoms with van der Waals surface area (Å²) >= 11 is 0. The van der Waals surface area contributed by atoms with Crippen LogP contribution in [0.4, 0.5) is 0 Å². The van der Waals surface area contributed by atoms with Crippen LogP contribution >= 0.6 is 0 Å². The van der Waals surface area contributed by atoms with Gasteiger partial charge in [-0.15, -0.1) is 0 Å². The first-order valence-electron chi connectivity index (χ1n) is 6.46. The third-order valence-electron chi connectivity index (χ3n) is 3.89. The van der Waals surface area contributed by atoms with Gasteiger partial charge in [-0.3, -0.25) is 19.8 Å². The van der Waals surface area contributed by atoms with Gasteiger partial charge in [0.1, 0.15) is 0 Å². The van der Waals surface area contributed by atoms with Gasteiger partial charge in [0, 0.05) is 12.1 Å². The van der Waals surface area contributed by atoms with Gasteiger partial charge in [0.05, 0.1) is 12.6 Å². The minimum Gasteiger partial charge on any atom is -0.328 e. The lowest BCUT2D eigenvalue weighted by Gasteiger charge is -2.41. The lowest BCUT2D eigenvalue weighted by Crippen LogP contribution is -2.61. The van der Waals surface area contributed by atoms with Gasteiger partial charge in [-0.1, -0.05) is 6.92 Å². The fourth-order valence-corrected chi connectivity index (χ4v) is 2.92. The van der Waals surface area contributed by atoms with Gasteiger partial charge in [0.25, 0.3) is 0 Å². The molecular formula is C12H21N3O2. The number of hydrogen-bond donors (Lipinski definition) is 2. The van der Waals surface area contributed by atoms with E-state index >= 15 is 0 Å². The third-order valence-corrected chi connectivity index (χ3v) is 3.89. The molecule has 1 saturated heterocycles. The Bertz CT molecular complexity index is 311. The Balaban J connectivity index is 2.06. The molecule has 0 spiro atoms. The van der Waals surface area contributed by atoms with Crippen LogP contribution in [0, 0.1) is 0 Å². The second-order valence-electron chi connectivity index (χ2n) is 5.08. The van der Waals surface area contributed by atoms with Crippen LogP contribution in [-0.2, 0) is 9.59 Å². The molecule has 5 heteroatoms. The summed E-state index contributed by atoms with van der Waals surface area (Å²) in [5.41, 5.74) is 5.88. The van der Waals surface area contributed by atoms with Crippen LogP contribution in [0.2, 0.25) is 0 Å². The number of imide groups is 1. The highest BCUT2D eigenvalue weighted by atomic mass is 16.2. The lowest BCUT2D eigenvalue weighted by molar-refractivity contribution is -0.142. The van der Waals surface area contributed by atoms with Crippen molar-refractivity contribution < 1.29 is 9.59 Å². The molecule has 96 valence electrons. The third kappa shape index (κ3) is 2.66. The first kappa shape index (κ1) is 12.5. The Morgan fingerprint density at radius 1 is 1.29 bits per heavy atom. The Kier molecular flexibility index (Phi) is 3.79. The topological polar surface area (TPSA) is 75.4 Å². The Morgan fingerprint density at radius 2 is 1.94 bits per heavy atom. The maximum Gasteiger partial charge on any atom is 0.243 e. The molecule has 1 aliphatic carbocycles. The maximum atomic E-state index is 11.8. The molecule has 3 N–H and O–H groups in total. The van der Waals surface area contributed by atoms with Crippen LogP contribution in [0.5, 0.6) is 0 Å². The van der Waals surface area contributed by atoms with E-state index in [0.29, 0.717) is 18.6 Å². The number of piperazine rings is 1. The fraction of sp³-hybridized carbons (Fsp3) is 0.833. The normalized spacial score (nSPS) is 35.8. The van der Waals surface area contributed by atoms with Crippen molar-refractivity contribution in [2.24, 2.45) is 5.73 Å². The van der Waals surface area contributed by atoms with Crippen molar-refractivity contribution in [2.75, 3.05) is 6.54 Å². The van der Waals surface area contributed by atoms with Crippen LogP contribution in [0.3, 0.4) is 0 Å². The van der Waals surface area contributed by atoms with E-state index in [1.54, 1.807) is 0 Å². The van der Waals surface area contributed by atoms with Crippen molar-refractivity contribution in [3.63, 3.8) is 0 Å². The van der Waals surface area contributed by atoms with Gasteiger partial charge >= 0.3 is 0 Å². The van der Waals surface area contributed by atoms with Gasteiger partial charge in [-0.25, -0.2) is 0 Å². The Labute approximate surface area is 102 Å². The molecule has 2 amide bonds. The molecule has 17 heavy (non-hydrogen) atoms. The van der Waals surface area contributed by atoms with Crippen LogP contribution in [0.15, 0.2) is 0 Å². The second kappa shape index (κ2) is 5.14. The monoisotopic (exact) mass is 239 g/mol. The molecule has 0 radical (unpaired) electrons. The Morgan fingerprint density at radius 3 is 2.53 bits per heavy atom. The average Bonchev–Trinajstić information content (AvgIpc) is 2.29. The predicted molar refractivity (Wildman–Crippen MR) is 64.2 cm³/mol. The number of rotatable bonds is 2. The molecule has 0 bridgehead atoms. The summed E-state index contributed by atoms with van der Waals surface area (Å²) in [4.78, 5) is 25.3. The highest BCUT2D eigenvalue weighted by Crippen LogP contribution is 2.25. The van der Waals surface area contributed by atoms with Crippen molar-refractivity contribution in [3.8, 4) is 0 Å². The molecule has 1 unspecified atom stereocenters. The summed E-state index contributed by atoms with van der Waals surface area (Å²) in [6, 6.07) is 0.488. The molecule has 2 aliphatic rings. The Hall–Kier alpha value is -0.940. The van der Waals surface area contributed by atoms with Crippen LogP contribution < -0.4 is 11.1 Å². The molecule has 1 saturated carbocycles. The van der Waals surface area contributed by atoms with E-state index in [1.165, 1.54) is 0 Å². The molecule has 0 aromatic carbocycles. The number of nitrogens with zero attached hydrogens (tertiary/aromatic N) is 1. The zero-order chi connectivity index (χ0) is 12.4. The standard InChI is InChI=1S/C12H21N3O2/c1-2-10-12(17)14-11(16)7-15(10)9-5-3-8(13)4-6-9/h8-10H,2-7,13H2,1H3,(H,14,16,17). The number of nitrogens with one attached hydrogen (secondary N) is 1. The van der Waals surface area contributed by atoms with Gasteiger partial charge in [0.15, 0.2) is 0 Å². The SMILES string of the molecule is CCC1C(=O)NC(=O)CN1C1CCC(N)CC1. The largest absolute Gasteiger partial charge is 0.328 e. The summed E-state index contributed by atoms with van der Waals surface area (Å²) in [7, 11) is 0. The molecule has 1 aliphatic heterocycles. The van der Waals surface area contributed by atoms with E-state index in [9.17, 15) is 9.59 Å². The lowest BCUT2D eigenvalue weighted by atomic mass is 9.89. The minimum absolute atomic E-state index is 0.140. The number of carbonyl (C=O) groups is 2. The summed E-state index contributed by atoms with van der Waals surface area (Å²) in [6.07, 6.45) is 4.74. The van der Waals surface area contributed by atoms with E-state index in [4.69, 9.17) is 5.73 Å². The van der Waals surface area contributed by atoms with Gasteiger partial charge in [-0.2, -0.15) is 0 Å². The molecule has 0 aromatic rings. The average molecular weight is 239 g/mol.